The van der Waals surface area contributed by atoms with Gasteiger partial charge in [0.15, 0.2) is 5.96 Å². The first-order valence-electron chi connectivity index (χ1n) is 8.28. The number of hydrogen-bond donors (Lipinski definition) is 1. The fourth-order valence-corrected chi connectivity index (χ4v) is 3.07. The van der Waals surface area contributed by atoms with Crippen molar-refractivity contribution in [2.45, 2.75) is 46.1 Å². The van der Waals surface area contributed by atoms with Gasteiger partial charge in [-0.3, -0.25) is 0 Å². The molecule has 3 nitrogen and oxygen atoms in total. The molecular formula is C18H27F2N3. The van der Waals surface area contributed by atoms with Crippen molar-refractivity contribution in [2.24, 2.45) is 22.6 Å². The van der Waals surface area contributed by atoms with Gasteiger partial charge in [0.05, 0.1) is 6.54 Å². The largest absolute Gasteiger partial charge is 0.370 e. The number of nitrogens with zero attached hydrogens (tertiary/aromatic N) is 2. The van der Waals surface area contributed by atoms with Crippen LogP contribution >= 0.6 is 0 Å². The SMILES string of the molecule is CC(C)CC1CCN(C(N)=NCc2ccc(C(C)(F)F)cc2)C1. The van der Waals surface area contributed by atoms with Gasteiger partial charge >= 0.3 is 0 Å². The maximum atomic E-state index is 13.2. The molecule has 0 saturated carbocycles. The number of alkyl halides is 2. The monoisotopic (exact) mass is 323 g/mol. The molecule has 0 aliphatic carbocycles. The Bertz CT molecular complexity index is 532. The smallest absolute Gasteiger partial charge is 0.270 e. The van der Waals surface area contributed by atoms with E-state index in [4.69, 9.17) is 5.73 Å². The molecule has 0 aromatic heterocycles. The maximum Gasteiger partial charge on any atom is 0.270 e. The topological polar surface area (TPSA) is 41.6 Å². The first-order valence-corrected chi connectivity index (χ1v) is 8.28. The van der Waals surface area contributed by atoms with Gasteiger partial charge in [-0.25, -0.2) is 13.8 Å². The lowest BCUT2D eigenvalue weighted by Gasteiger charge is -2.18. The van der Waals surface area contributed by atoms with E-state index >= 15 is 0 Å². The van der Waals surface area contributed by atoms with Crippen molar-refractivity contribution >= 4 is 5.96 Å². The van der Waals surface area contributed by atoms with Crippen LogP contribution in [0, 0.1) is 11.8 Å². The molecule has 1 aromatic carbocycles. The van der Waals surface area contributed by atoms with Crippen molar-refractivity contribution in [2.75, 3.05) is 13.1 Å². The number of likely N-dealkylation sites (tertiary alicyclic amines) is 1. The number of aliphatic imine (C=N–C) groups is 1. The lowest BCUT2D eigenvalue weighted by molar-refractivity contribution is 0.0174. The van der Waals surface area contributed by atoms with E-state index in [0.29, 0.717) is 24.3 Å². The highest BCUT2D eigenvalue weighted by Gasteiger charge is 2.25. The van der Waals surface area contributed by atoms with E-state index in [1.54, 1.807) is 12.1 Å². The van der Waals surface area contributed by atoms with Crippen molar-refractivity contribution in [1.29, 1.82) is 0 Å². The van der Waals surface area contributed by atoms with Crippen molar-refractivity contribution < 1.29 is 8.78 Å². The Hall–Kier alpha value is -1.65. The van der Waals surface area contributed by atoms with Gasteiger partial charge in [0.1, 0.15) is 0 Å². The van der Waals surface area contributed by atoms with E-state index in [1.807, 2.05) is 0 Å². The molecule has 0 amide bonds. The zero-order chi connectivity index (χ0) is 17.0. The van der Waals surface area contributed by atoms with E-state index in [2.05, 4.69) is 23.7 Å². The first kappa shape index (κ1) is 17.7. The molecule has 2 rings (SSSR count). The summed E-state index contributed by atoms with van der Waals surface area (Å²) in [5.74, 6) is -0.855. The Morgan fingerprint density at radius 3 is 2.57 bits per heavy atom. The molecule has 1 heterocycles. The number of nitrogens with two attached hydrogens (primary N) is 1. The van der Waals surface area contributed by atoms with Crippen LogP contribution in [0.3, 0.4) is 0 Å². The van der Waals surface area contributed by atoms with Crippen LogP contribution in [0.5, 0.6) is 0 Å². The van der Waals surface area contributed by atoms with E-state index in [0.717, 1.165) is 32.0 Å². The highest BCUT2D eigenvalue weighted by molar-refractivity contribution is 5.78. The molecule has 1 atom stereocenters. The molecule has 0 radical (unpaired) electrons. The fourth-order valence-electron chi connectivity index (χ4n) is 3.07. The van der Waals surface area contributed by atoms with Crippen LogP contribution in [0.2, 0.25) is 0 Å². The van der Waals surface area contributed by atoms with Crippen LogP contribution in [0.4, 0.5) is 8.78 Å². The van der Waals surface area contributed by atoms with E-state index in [-0.39, 0.29) is 5.56 Å². The van der Waals surface area contributed by atoms with Gasteiger partial charge in [0.25, 0.3) is 5.92 Å². The average Bonchev–Trinajstić information content (AvgIpc) is 2.92. The van der Waals surface area contributed by atoms with Crippen molar-refractivity contribution in [3.05, 3.63) is 35.4 Å². The highest BCUT2D eigenvalue weighted by atomic mass is 19.3. The second-order valence-corrected chi connectivity index (χ2v) is 6.99. The maximum absolute atomic E-state index is 13.2. The highest BCUT2D eigenvalue weighted by Crippen LogP contribution is 2.27. The molecule has 128 valence electrons. The summed E-state index contributed by atoms with van der Waals surface area (Å²) in [4.78, 5) is 6.54. The summed E-state index contributed by atoms with van der Waals surface area (Å²) >= 11 is 0. The number of rotatable bonds is 5. The van der Waals surface area contributed by atoms with Gasteiger partial charge in [0.2, 0.25) is 0 Å². The molecule has 0 spiro atoms. The minimum Gasteiger partial charge on any atom is -0.370 e. The summed E-state index contributed by atoms with van der Waals surface area (Å²) in [6.45, 7) is 7.72. The number of guanidine groups is 1. The molecule has 1 unspecified atom stereocenters. The van der Waals surface area contributed by atoms with Crippen LogP contribution in [-0.4, -0.2) is 23.9 Å². The van der Waals surface area contributed by atoms with Crippen LogP contribution in [0.15, 0.2) is 29.3 Å². The van der Waals surface area contributed by atoms with E-state index < -0.39 is 5.92 Å². The minimum atomic E-state index is -2.80. The predicted octanol–water partition coefficient (Wildman–Crippen LogP) is 3.98. The average molecular weight is 323 g/mol. The molecule has 0 bridgehead atoms. The lowest BCUT2D eigenvalue weighted by atomic mass is 9.97. The van der Waals surface area contributed by atoms with Crippen LogP contribution in [0.1, 0.15) is 44.7 Å². The van der Waals surface area contributed by atoms with E-state index in [9.17, 15) is 8.78 Å². The van der Waals surface area contributed by atoms with E-state index in [1.165, 1.54) is 18.6 Å². The molecule has 1 aromatic rings. The number of halogens is 2. The predicted molar refractivity (Wildman–Crippen MR) is 90.5 cm³/mol. The summed E-state index contributed by atoms with van der Waals surface area (Å²) in [6, 6.07) is 6.29. The Kier molecular flexibility index (Phi) is 5.60. The number of hydrogen-bond acceptors (Lipinski definition) is 1. The normalized spacial score (nSPS) is 19.7. The third kappa shape index (κ3) is 5.19. The van der Waals surface area contributed by atoms with Gasteiger partial charge < -0.3 is 10.6 Å². The van der Waals surface area contributed by atoms with Gasteiger partial charge in [-0.15, -0.1) is 0 Å². The molecule has 1 aliphatic rings. The first-order chi connectivity index (χ1) is 10.8. The fraction of sp³-hybridized carbons (Fsp3) is 0.611. The third-order valence-corrected chi connectivity index (χ3v) is 4.30. The Balaban J connectivity index is 1.90. The zero-order valence-electron chi connectivity index (χ0n) is 14.2. The molecule has 1 fully saturated rings. The summed E-state index contributed by atoms with van der Waals surface area (Å²) in [7, 11) is 0. The summed E-state index contributed by atoms with van der Waals surface area (Å²) in [5.41, 5.74) is 6.99. The van der Waals surface area contributed by atoms with Crippen molar-refractivity contribution in [3.8, 4) is 0 Å². The molecular weight excluding hydrogens is 296 g/mol. The van der Waals surface area contributed by atoms with Crippen LogP contribution < -0.4 is 5.73 Å². The van der Waals surface area contributed by atoms with Crippen LogP contribution in [0.25, 0.3) is 0 Å². The van der Waals surface area contributed by atoms with Crippen LogP contribution in [-0.2, 0) is 12.5 Å². The molecule has 2 N–H and O–H groups in total. The number of benzene rings is 1. The van der Waals surface area contributed by atoms with Crippen molar-refractivity contribution in [1.82, 2.24) is 4.90 Å². The Morgan fingerprint density at radius 2 is 2.00 bits per heavy atom. The minimum absolute atomic E-state index is 0.0225. The van der Waals surface area contributed by atoms with Gasteiger partial charge in [-0.05, 0) is 30.2 Å². The van der Waals surface area contributed by atoms with Gasteiger partial charge in [-0.2, -0.15) is 0 Å². The standard InChI is InChI=1S/C18H27F2N3/c1-13(2)10-15-8-9-23(12-15)17(21)22-11-14-4-6-16(7-5-14)18(3,19)20/h4-7,13,15H,8-12H2,1-3H3,(H2,21,22). The van der Waals surface area contributed by atoms with Crippen molar-refractivity contribution in [3.63, 3.8) is 0 Å². The lowest BCUT2D eigenvalue weighted by Crippen LogP contribution is -2.35. The second-order valence-electron chi connectivity index (χ2n) is 6.99. The third-order valence-electron chi connectivity index (χ3n) is 4.30. The second kappa shape index (κ2) is 7.28. The van der Waals surface area contributed by atoms with Gasteiger partial charge in [0, 0.05) is 25.6 Å². The summed E-state index contributed by atoms with van der Waals surface area (Å²) in [6.07, 6.45) is 2.38. The Labute approximate surface area is 137 Å². The molecule has 5 heteroatoms. The summed E-state index contributed by atoms with van der Waals surface area (Å²) < 4.78 is 26.4. The molecule has 23 heavy (non-hydrogen) atoms. The Morgan fingerprint density at radius 1 is 1.35 bits per heavy atom. The molecule has 1 saturated heterocycles. The molecule has 1 aliphatic heterocycles. The van der Waals surface area contributed by atoms with Gasteiger partial charge in [-0.1, -0.05) is 38.1 Å². The quantitative estimate of drug-likeness (QED) is 0.658. The zero-order valence-corrected chi connectivity index (χ0v) is 14.2. The summed E-state index contributed by atoms with van der Waals surface area (Å²) in [5, 5.41) is 0.